The van der Waals surface area contributed by atoms with Crippen molar-refractivity contribution in [1.29, 1.82) is 0 Å². The number of nitrogens with one attached hydrogen (secondary N) is 1. The molecule has 0 amide bonds. The zero-order valence-electron chi connectivity index (χ0n) is 16.3. The maximum absolute atomic E-state index is 13.2. The van der Waals surface area contributed by atoms with E-state index in [1.807, 2.05) is 0 Å². The van der Waals surface area contributed by atoms with Gasteiger partial charge < -0.3 is 4.90 Å². The molecule has 1 aliphatic rings. The van der Waals surface area contributed by atoms with Crippen LogP contribution in [-0.4, -0.2) is 46.0 Å². The number of azide groups is 1. The molecule has 30 heavy (non-hydrogen) atoms. The SMILES string of the molecule is [N-]=[N+]=NCC1CCN(CCNS(=O)(=O)c2ccc(-c3ccc(F)cc3Cl)cc2)CC1. The maximum Gasteiger partial charge on any atom is 0.240 e. The third-order valence-corrected chi connectivity index (χ3v) is 7.03. The van der Waals surface area contributed by atoms with Gasteiger partial charge in [-0.25, -0.2) is 17.5 Å². The number of rotatable bonds is 8. The summed E-state index contributed by atoms with van der Waals surface area (Å²) in [5, 5.41) is 3.90. The molecule has 0 bridgehead atoms. The molecule has 10 heteroatoms. The molecule has 1 fully saturated rings. The third kappa shape index (κ3) is 5.93. The molecule has 1 heterocycles. The molecule has 160 valence electrons. The van der Waals surface area contributed by atoms with Crippen molar-refractivity contribution in [3.8, 4) is 11.1 Å². The lowest BCUT2D eigenvalue weighted by molar-refractivity contribution is 0.190. The number of hydrogen-bond acceptors (Lipinski definition) is 4. The lowest BCUT2D eigenvalue weighted by Crippen LogP contribution is -2.40. The largest absolute Gasteiger partial charge is 0.302 e. The molecule has 0 aliphatic carbocycles. The molecule has 0 saturated carbocycles. The Morgan fingerprint density at radius 2 is 1.90 bits per heavy atom. The minimum Gasteiger partial charge on any atom is -0.302 e. The second-order valence-electron chi connectivity index (χ2n) is 7.24. The van der Waals surface area contributed by atoms with E-state index in [2.05, 4.69) is 19.6 Å². The van der Waals surface area contributed by atoms with Crippen molar-refractivity contribution < 1.29 is 12.8 Å². The van der Waals surface area contributed by atoms with E-state index in [1.54, 1.807) is 18.2 Å². The van der Waals surface area contributed by atoms with E-state index in [9.17, 15) is 12.8 Å². The fourth-order valence-electron chi connectivity index (χ4n) is 3.50. The Bertz CT molecular complexity index is 1020. The van der Waals surface area contributed by atoms with Crippen LogP contribution in [0.1, 0.15) is 12.8 Å². The summed E-state index contributed by atoms with van der Waals surface area (Å²) in [6.45, 7) is 3.18. The standard InChI is InChI=1S/C20H23ClFN5O2S/c21-20-13-17(22)3-6-19(20)16-1-4-18(5-2-16)30(28,29)25-9-12-27-10-7-15(8-11-27)14-24-26-23/h1-6,13,15,25H,7-12,14H2. The van der Waals surface area contributed by atoms with Gasteiger partial charge in [0.2, 0.25) is 10.0 Å². The molecule has 2 aromatic carbocycles. The van der Waals surface area contributed by atoms with Crippen molar-refractivity contribution in [2.75, 3.05) is 32.7 Å². The first kappa shape index (κ1) is 22.5. The molecule has 2 aromatic rings. The van der Waals surface area contributed by atoms with Crippen molar-refractivity contribution in [1.82, 2.24) is 9.62 Å². The average molecular weight is 452 g/mol. The van der Waals surface area contributed by atoms with E-state index < -0.39 is 15.8 Å². The molecule has 0 unspecified atom stereocenters. The highest BCUT2D eigenvalue weighted by molar-refractivity contribution is 7.89. The molecule has 1 N–H and O–H groups in total. The van der Waals surface area contributed by atoms with Crippen LogP contribution in [0.25, 0.3) is 21.6 Å². The van der Waals surface area contributed by atoms with Gasteiger partial charge in [-0.2, -0.15) is 0 Å². The fraction of sp³-hybridized carbons (Fsp3) is 0.400. The van der Waals surface area contributed by atoms with Crippen LogP contribution in [0.5, 0.6) is 0 Å². The molecule has 0 radical (unpaired) electrons. The predicted molar refractivity (Wildman–Crippen MR) is 115 cm³/mol. The van der Waals surface area contributed by atoms with Gasteiger partial charge in [0, 0.05) is 30.1 Å². The molecule has 0 aromatic heterocycles. The Balaban J connectivity index is 1.53. The summed E-state index contributed by atoms with van der Waals surface area (Å²) in [5.41, 5.74) is 9.74. The number of hydrogen-bond donors (Lipinski definition) is 1. The minimum absolute atomic E-state index is 0.164. The highest BCUT2D eigenvalue weighted by Gasteiger charge is 2.19. The quantitative estimate of drug-likeness (QED) is 0.364. The zero-order valence-corrected chi connectivity index (χ0v) is 17.9. The lowest BCUT2D eigenvalue weighted by atomic mass is 9.97. The van der Waals surface area contributed by atoms with Crippen molar-refractivity contribution in [2.24, 2.45) is 11.0 Å². The van der Waals surface area contributed by atoms with Gasteiger partial charge in [-0.05, 0) is 73.3 Å². The van der Waals surface area contributed by atoms with Crippen molar-refractivity contribution in [3.63, 3.8) is 0 Å². The van der Waals surface area contributed by atoms with Gasteiger partial charge in [0.25, 0.3) is 0 Å². The minimum atomic E-state index is -3.62. The van der Waals surface area contributed by atoms with Crippen molar-refractivity contribution in [2.45, 2.75) is 17.7 Å². The van der Waals surface area contributed by atoms with Gasteiger partial charge in [0.05, 0.1) is 9.92 Å². The normalized spacial score (nSPS) is 15.7. The van der Waals surface area contributed by atoms with Crippen LogP contribution in [0.2, 0.25) is 5.02 Å². The van der Waals surface area contributed by atoms with E-state index in [0.29, 0.717) is 36.7 Å². The van der Waals surface area contributed by atoms with Crippen LogP contribution >= 0.6 is 11.6 Å². The summed E-state index contributed by atoms with van der Waals surface area (Å²) in [7, 11) is -3.62. The first-order valence-electron chi connectivity index (χ1n) is 9.67. The molecule has 7 nitrogen and oxygen atoms in total. The van der Waals surface area contributed by atoms with E-state index >= 15 is 0 Å². The lowest BCUT2D eigenvalue weighted by Gasteiger charge is -2.31. The fourth-order valence-corrected chi connectivity index (χ4v) is 4.80. The summed E-state index contributed by atoms with van der Waals surface area (Å²) in [4.78, 5) is 5.17. The van der Waals surface area contributed by atoms with Crippen LogP contribution in [-0.2, 0) is 10.0 Å². The summed E-state index contributed by atoms with van der Waals surface area (Å²) in [5.74, 6) is -0.0194. The first-order chi connectivity index (χ1) is 14.4. The summed E-state index contributed by atoms with van der Waals surface area (Å²) in [6, 6.07) is 10.4. The molecule has 3 rings (SSSR count). The Hall–Kier alpha value is -2.16. The van der Waals surface area contributed by atoms with Gasteiger partial charge in [0.15, 0.2) is 0 Å². The van der Waals surface area contributed by atoms with Crippen molar-refractivity contribution >= 4 is 21.6 Å². The molecular formula is C20H23ClFN5O2S. The van der Waals surface area contributed by atoms with Gasteiger partial charge in [0.1, 0.15) is 5.82 Å². The molecule has 0 atom stereocenters. The van der Waals surface area contributed by atoms with Crippen LogP contribution in [0.4, 0.5) is 4.39 Å². The number of sulfonamides is 1. The number of likely N-dealkylation sites (tertiary alicyclic amines) is 1. The van der Waals surface area contributed by atoms with Crippen molar-refractivity contribution in [3.05, 3.63) is 63.7 Å². The number of nitrogens with zero attached hydrogens (tertiary/aromatic N) is 4. The van der Waals surface area contributed by atoms with Gasteiger partial charge in [-0.3, -0.25) is 0 Å². The maximum atomic E-state index is 13.2. The van der Waals surface area contributed by atoms with Gasteiger partial charge in [-0.1, -0.05) is 28.8 Å². The zero-order chi connectivity index (χ0) is 21.6. The van der Waals surface area contributed by atoms with E-state index in [0.717, 1.165) is 25.9 Å². The number of piperidine rings is 1. The topological polar surface area (TPSA) is 98.2 Å². The molecule has 0 spiro atoms. The monoisotopic (exact) mass is 451 g/mol. The molecular weight excluding hydrogens is 429 g/mol. The second kappa shape index (κ2) is 10.2. The second-order valence-corrected chi connectivity index (χ2v) is 9.42. The van der Waals surface area contributed by atoms with Crippen LogP contribution < -0.4 is 4.72 Å². The smallest absolute Gasteiger partial charge is 0.240 e. The number of benzene rings is 2. The summed E-state index contributed by atoms with van der Waals surface area (Å²) >= 11 is 6.07. The molecule has 1 saturated heterocycles. The van der Waals surface area contributed by atoms with Gasteiger partial charge >= 0.3 is 0 Å². The van der Waals surface area contributed by atoms with Crippen LogP contribution in [0, 0.1) is 11.7 Å². The Morgan fingerprint density at radius 1 is 1.20 bits per heavy atom. The first-order valence-corrected chi connectivity index (χ1v) is 11.5. The van der Waals surface area contributed by atoms with Crippen LogP contribution in [0.3, 0.4) is 0 Å². The van der Waals surface area contributed by atoms with E-state index in [1.165, 1.54) is 24.3 Å². The predicted octanol–water partition coefficient (Wildman–Crippen LogP) is 4.45. The summed E-state index contributed by atoms with van der Waals surface area (Å²) in [6.07, 6.45) is 1.89. The van der Waals surface area contributed by atoms with E-state index in [-0.39, 0.29) is 9.92 Å². The molecule has 1 aliphatic heterocycles. The number of halogens is 2. The average Bonchev–Trinajstić information content (AvgIpc) is 2.73. The summed E-state index contributed by atoms with van der Waals surface area (Å²) < 4.78 is 41.0. The van der Waals surface area contributed by atoms with Crippen LogP contribution in [0.15, 0.2) is 52.5 Å². The Kier molecular flexibility index (Phi) is 7.69. The Labute approximate surface area is 180 Å². The third-order valence-electron chi connectivity index (χ3n) is 5.24. The highest BCUT2D eigenvalue weighted by atomic mass is 35.5. The van der Waals surface area contributed by atoms with Gasteiger partial charge in [-0.15, -0.1) is 0 Å². The highest BCUT2D eigenvalue weighted by Crippen LogP contribution is 2.29. The Morgan fingerprint density at radius 3 is 2.53 bits per heavy atom. The van der Waals surface area contributed by atoms with E-state index in [4.69, 9.17) is 17.1 Å².